The van der Waals surface area contributed by atoms with Gasteiger partial charge in [-0.25, -0.2) is 18.9 Å². The summed E-state index contributed by atoms with van der Waals surface area (Å²) in [5.74, 6) is -1.26. The van der Waals surface area contributed by atoms with E-state index in [4.69, 9.17) is 4.74 Å². The average molecular weight is 325 g/mol. The standard InChI is InChI=1S/C18H16FN3O2/c1-13-6-5-9-15(17(13)19)18(23)24-16(10-22-12-20-11-21-22)14-7-3-2-4-8-14/h2-9,11-12,16H,10H2,1H3/t16-/m0/s1. The van der Waals surface area contributed by atoms with Crippen molar-refractivity contribution in [3.63, 3.8) is 0 Å². The van der Waals surface area contributed by atoms with E-state index in [9.17, 15) is 9.18 Å². The summed E-state index contributed by atoms with van der Waals surface area (Å²) in [6.45, 7) is 1.90. The predicted molar refractivity (Wildman–Crippen MR) is 85.8 cm³/mol. The Morgan fingerprint density at radius 3 is 2.71 bits per heavy atom. The maximum Gasteiger partial charge on any atom is 0.341 e. The maximum atomic E-state index is 14.2. The van der Waals surface area contributed by atoms with Crippen molar-refractivity contribution >= 4 is 5.97 Å². The zero-order valence-corrected chi connectivity index (χ0v) is 13.1. The number of halogens is 1. The first-order valence-electron chi connectivity index (χ1n) is 7.48. The first-order chi connectivity index (χ1) is 11.6. The first kappa shape index (κ1) is 15.9. The van der Waals surface area contributed by atoms with Crippen LogP contribution in [0.1, 0.15) is 27.6 Å². The summed E-state index contributed by atoms with van der Waals surface area (Å²) in [5, 5.41) is 4.03. The largest absolute Gasteiger partial charge is 0.452 e. The number of carbonyl (C=O) groups excluding carboxylic acids is 1. The predicted octanol–water partition coefficient (Wildman–Crippen LogP) is 3.32. The molecule has 122 valence electrons. The zero-order valence-electron chi connectivity index (χ0n) is 13.1. The molecule has 0 spiro atoms. The molecule has 2 aromatic carbocycles. The van der Waals surface area contributed by atoms with Crippen LogP contribution in [-0.2, 0) is 11.3 Å². The number of ether oxygens (including phenoxy) is 1. The summed E-state index contributed by atoms with van der Waals surface area (Å²) in [6.07, 6.45) is 2.35. The molecule has 1 atom stereocenters. The Bertz CT molecular complexity index is 820. The van der Waals surface area contributed by atoms with Gasteiger partial charge in [0, 0.05) is 0 Å². The highest BCUT2D eigenvalue weighted by atomic mass is 19.1. The zero-order chi connectivity index (χ0) is 16.9. The monoisotopic (exact) mass is 325 g/mol. The van der Waals surface area contributed by atoms with Crippen LogP contribution in [0.3, 0.4) is 0 Å². The lowest BCUT2D eigenvalue weighted by atomic mass is 10.1. The van der Waals surface area contributed by atoms with E-state index in [2.05, 4.69) is 10.1 Å². The molecule has 0 fully saturated rings. The highest BCUT2D eigenvalue weighted by Crippen LogP contribution is 2.22. The van der Waals surface area contributed by atoms with Crippen molar-refractivity contribution in [3.8, 4) is 0 Å². The van der Waals surface area contributed by atoms with Crippen LogP contribution in [0.5, 0.6) is 0 Å². The van der Waals surface area contributed by atoms with Gasteiger partial charge in [0.2, 0.25) is 0 Å². The Kier molecular flexibility index (Phi) is 4.65. The number of carbonyl (C=O) groups is 1. The lowest BCUT2D eigenvalue weighted by Crippen LogP contribution is -2.18. The fourth-order valence-corrected chi connectivity index (χ4v) is 2.37. The molecule has 0 saturated heterocycles. The van der Waals surface area contributed by atoms with Crippen LogP contribution in [0.4, 0.5) is 4.39 Å². The minimum atomic E-state index is -0.704. The van der Waals surface area contributed by atoms with Gasteiger partial charge < -0.3 is 4.74 Å². The molecule has 0 saturated carbocycles. The molecular formula is C18H16FN3O2. The third kappa shape index (κ3) is 3.48. The Hall–Kier alpha value is -3.02. The Labute approximate surface area is 138 Å². The number of benzene rings is 2. The van der Waals surface area contributed by atoms with Crippen LogP contribution in [-0.4, -0.2) is 20.7 Å². The lowest BCUT2D eigenvalue weighted by Gasteiger charge is -2.18. The summed E-state index contributed by atoms with van der Waals surface area (Å²) in [7, 11) is 0. The van der Waals surface area contributed by atoms with Gasteiger partial charge in [-0.05, 0) is 24.1 Å². The Morgan fingerprint density at radius 1 is 1.21 bits per heavy atom. The molecular weight excluding hydrogens is 309 g/mol. The number of esters is 1. The van der Waals surface area contributed by atoms with Gasteiger partial charge in [-0.1, -0.05) is 42.5 Å². The first-order valence-corrected chi connectivity index (χ1v) is 7.48. The number of aryl methyl sites for hydroxylation is 1. The molecule has 1 aromatic heterocycles. The second-order valence-electron chi connectivity index (χ2n) is 5.36. The molecule has 1 heterocycles. The molecule has 0 amide bonds. The summed E-state index contributed by atoms with van der Waals surface area (Å²) < 4.78 is 21.3. The maximum absolute atomic E-state index is 14.2. The fraction of sp³-hybridized carbons (Fsp3) is 0.167. The molecule has 0 aliphatic rings. The number of hydrogen-bond donors (Lipinski definition) is 0. The van der Waals surface area contributed by atoms with Crippen LogP contribution in [0.25, 0.3) is 0 Å². The molecule has 3 aromatic rings. The van der Waals surface area contributed by atoms with E-state index in [0.29, 0.717) is 12.1 Å². The normalized spacial score (nSPS) is 11.9. The number of rotatable bonds is 5. The van der Waals surface area contributed by atoms with Crippen molar-refractivity contribution in [1.82, 2.24) is 14.8 Å². The second kappa shape index (κ2) is 7.04. The van der Waals surface area contributed by atoms with Crippen LogP contribution in [0.2, 0.25) is 0 Å². The van der Waals surface area contributed by atoms with Gasteiger partial charge in [-0.15, -0.1) is 0 Å². The van der Waals surface area contributed by atoms with E-state index in [-0.39, 0.29) is 5.56 Å². The Morgan fingerprint density at radius 2 is 2.00 bits per heavy atom. The number of aromatic nitrogens is 3. The van der Waals surface area contributed by atoms with Gasteiger partial charge >= 0.3 is 5.97 Å². The van der Waals surface area contributed by atoms with E-state index in [1.54, 1.807) is 23.7 Å². The van der Waals surface area contributed by atoms with Crippen LogP contribution >= 0.6 is 0 Å². The van der Waals surface area contributed by atoms with Crippen molar-refractivity contribution in [1.29, 1.82) is 0 Å². The van der Waals surface area contributed by atoms with Crippen LogP contribution < -0.4 is 0 Å². The van der Waals surface area contributed by atoms with Gasteiger partial charge in [0.1, 0.15) is 24.6 Å². The molecule has 0 aliphatic heterocycles. The van der Waals surface area contributed by atoms with E-state index < -0.39 is 17.9 Å². The summed E-state index contributed by atoms with van der Waals surface area (Å²) in [4.78, 5) is 16.3. The minimum absolute atomic E-state index is 0.0745. The van der Waals surface area contributed by atoms with E-state index in [0.717, 1.165) is 5.56 Å². The molecule has 6 heteroatoms. The second-order valence-corrected chi connectivity index (χ2v) is 5.36. The summed E-state index contributed by atoms with van der Waals surface area (Å²) >= 11 is 0. The SMILES string of the molecule is Cc1cccc(C(=O)O[C@@H](Cn2cncn2)c2ccccc2)c1F. The molecule has 5 nitrogen and oxygen atoms in total. The Balaban J connectivity index is 1.86. The van der Waals surface area contributed by atoms with Crippen molar-refractivity contribution < 1.29 is 13.9 Å². The highest BCUT2D eigenvalue weighted by molar-refractivity contribution is 5.90. The van der Waals surface area contributed by atoms with Gasteiger partial charge in [0.15, 0.2) is 0 Å². The molecule has 24 heavy (non-hydrogen) atoms. The van der Waals surface area contributed by atoms with Gasteiger partial charge in [0.25, 0.3) is 0 Å². The van der Waals surface area contributed by atoms with Crippen molar-refractivity contribution in [2.24, 2.45) is 0 Å². The smallest absolute Gasteiger partial charge is 0.341 e. The fourth-order valence-electron chi connectivity index (χ4n) is 2.37. The quantitative estimate of drug-likeness (QED) is 0.675. The van der Waals surface area contributed by atoms with Gasteiger partial charge in [-0.3, -0.25) is 0 Å². The third-order valence-corrected chi connectivity index (χ3v) is 3.65. The van der Waals surface area contributed by atoms with Gasteiger partial charge in [-0.2, -0.15) is 5.10 Å². The minimum Gasteiger partial charge on any atom is -0.452 e. The van der Waals surface area contributed by atoms with Crippen molar-refractivity contribution in [2.75, 3.05) is 0 Å². The van der Waals surface area contributed by atoms with E-state index >= 15 is 0 Å². The number of nitrogens with zero attached hydrogens (tertiary/aromatic N) is 3. The summed E-state index contributed by atoms with van der Waals surface area (Å²) in [5.41, 5.74) is 1.13. The molecule has 0 bridgehead atoms. The van der Waals surface area contributed by atoms with Crippen molar-refractivity contribution in [2.45, 2.75) is 19.6 Å². The third-order valence-electron chi connectivity index (χ3n) is 3.65. The lowest BCUT2D eigenvalue weighted by molar-refractivity contribution is 0.0241. The van der Waals surface area contributed by atoms with Crippen LogP contribution in [0, 0.1) is 12.7 Å². The molecule has 3 rings (SSSR count). The topological polar surface area (TPSA) is 57.0 Å². The highest BCUT2D eigenvalue weighted by Gasteiger charge is 2.21. The molecule has 0 N–H and O–H groups in total. The van der Waals surface area contributed by atoms with Crippen molar-refractivity contribution in [3.05, 3.63) is 83.7 Å². The van der Waals surface area contributed by atoms with E-state index in [1.165, 1.54) is 18.7 Å². The molecule has 0 radical (unpaired) electrons. The average Bonchev–Trinajstić information content (AvgIpc) is 3.10. The van der Waals surface area contributed by atoms with Crippen LogP contribution in [0.15, 0.2) is 61.2 Å². The molecule has 0 aliphatic carbocycles. The van der Waals surface area contributed by atoms with E-state index in [1.807, 2.05) is 30.3 Å². The number of hydrogen-bond acceptors (Lipinski definition) is 4. The van der Waals surface area contributed by atoms with Gasteiger partial charge in [0.05, 0.1) is 12.1 Å². The summed E-state index contributed by atoms with van der Waals surface area (Å²) in [6, 6.07) is 13.9. The molecule has 0 unspecified atom stereocenters.